The van der Waals surface area contributed by atoms with E-state index < -0.39 is 60.4 Å². The summed E-state index contributed by atoms with van der Waals surface area (Å²) >= 11 is 1.74. The van der Waals surface area contributed by atoms with Crippen molar-refractivity contribution in [1.29, 1.82) is 0 Å². The van der Waals surface area contributed by atoms with Crippen LogP contribution in [-0.4, -0.2) is 6.71 Å². The zero-order valence-electron chi connectivity index (χ0n) is 41.3. The SMILES string of the molecule is [2H]c1c([2H])c([2H])c(N(c2ccc3c(c2)N(c2ccccc2)c2cccc4c2B3c2sc3ccc(-c5ccccc5)cc3c2N4c2ccc3ccccc3c2)c2c([2H])c([2H])c([2H])c([2H])c2[2H])c([2H])c1[2H]. The highest BCUT2D eigenvalue weighted by molar-refractivity contribution is 7.33. The first-order chi connectivity index (χ1) is 33.4. The second kappa shape index (κ2) is 13.7. The summed E-state index contributed by atoms with van der Waals surface area (Å²) in [7, 11) is 0. The van der Waals surface area contributed by atoms with E-state index in [1.807, 2.05) is 66.7 Å². The molecule has 2 aliphatic heterocycles. The van der Waals surface area contributed by atoms with E-state index in [0.29, 0.717) is 5.69 Å². The van der Waals surface area contributed by atoms with Crippen LogP contribution < -0.4 is 30.4 Å². The number of anilines is 9. The largest absolute Gasteiger partial charge is 0.311 e. The first-order valence-electron chi connectivity index (χ1n) is 24.4. The van der Waals surface area contributed by atoms with Gasteiger partial charge >= 0.3 is 0 Å². The lowest BCUT2D eigenvalue weighted by molar-refractivity contribution is 1.24. The molecule has 2 aliphatic rings. The number of hydrogen-bond acceptors (Lipinski definition) is 4. The maximum atomic E-state index is 9.16. The molecule has 0 atom stereocenters. The molecule has 5 heteroatoms. The Bertz CT molecular complexity index is 3670. The van der Waals surface area contributed by atoms with Gasteiger partial charge in [0.15, 0.2) is 0 Å². The number of fused-ring (bicyclic) bond motifs is 7. The van der Waals surface area contributed by atoms with Crippen LogP contribution in [0.15, 0.2) is 218 Å². The number of thiophene rings is 1. The number of hydrogen-bond donors (Lipinski definition) is 0. The molecule has 0 spiro atoms. The highest BCUT2D eigenvalue weighted by Gasteiger charge is 2.45. The Hall–Kier alpha value is -7.34. The smallest absolute Gasteiger partial charge is 0.264 e. The van der Waals surface area contributed by atoms with E-state index in [1.54, 1.807) is 17.4 Å². The highest BCUT2D eigenvalue weighted by atomic mass is 32.1. The van der Waals surface area contributed by atoms with Crippen molar-refractivity contribution in [3.05, 3.63) is 218 Å². The Labute approximate surface area is 362 Å². The van der Waals surface area contributed by atoms with Crippen LogP contribution in [0.1, 0.15) is 13.7 Å². The van der Waals surface area contributed by atoms with Crippen LogP contribution in [0.5, 0.6) is 0 Å². The van der Waals surface area contributed by atoms with Crippen LogP contribution in [0, 0.1) is 0 Å². The predicted molar refractivity (Wildman–Crippen MR) is 253 cm³/mol. The molecule has 0 amide bonds. The molecule has 0 saturated carbocycles. The normalized spacial score (nSPS) is 15.0. The fourth-order valence-corrected chi connectivity index (χ4v) is 10.2. The molecule has 0 N–H and O–H groups in total. The van der Waals surface area contributed by atoms with Crippen molar-refractivity contribution in [3.8, 4) is 11.1 Å². The van der Waals surface area contributed by atoms with Crippen LogP contribution in [-0.2, 0) is 0 Å². The summed E-state index contributed by atoms with van der Waals surface area (Å²) in [6.07, 6.45) is 0. The van der Waals surface area contributed by atoms with Gasteiger partial charge in [-0.25, -0.2) is 0 Å². The van der Waals surface area contributed by atoms with Crippen LogP contribution in [0.3, 0.4) is 0 Å². The summed E-state index contributed by atoms with van der Waals surface area (Å²) in [6, 6.07) is 47.6. The number of benzene rings is 9. The summed E-state index contributed by atoms with van der Waals surface area (Å²) in [4.78, 5) is 5.78. The monoisotopic (exact) mass is 779 g/mol. The summed E-state index contributed by atoms with van der Waals surface area (Å²) in [5.74, 6) is 0. The summed E-state index contributed by atoms with van der Waals surface area (Å²) < 4.78 is 90.5. The molecule has 0 bridgehead atoms. The van der Waals surface area contributed by atoms with E-state index in [0.717, 1.165) is 76.1 Å². The average Bonchev–Trinajstić information content (AvgIpc) is 3.76. The van der Waals surface area contributed by atoms with Gasteiger partial charge in [-0.15, -0.1) is 11.3 Å². The number of para-hydroxylation sites is 3. The summed E-state index contributed by atoms with van der Waals surface area (Å²) in [5, 5.41) is 3.34. The van der Waals surface area contributed by atoms with E-state index in [2.05, 4.69) is 94.7 Å². The lowest BCUT2D eigenvalue weighted by Crippen LogP contribution is -2.60. The van der Waals surface area contributed by atoms with E-state index >= 15 is 0 Å². The highest BCUT2D eigenvalue weighted by Crippen LogP contribution is 2.49. The lowest BCUT2D eigenvalue weighted by Gasteiger charge is -2.43. The minimum atomic E-state index is -0.625. The van der Waals surface area contributed by atoms with Crippen molar-refractivity contribution in [2.45, 2.75) is 0 Å². The van der Waals surface area contributed by atoms with Gasteiger partial charge < -0.3 is 14.7 Å². The van der Waals surface area contributed by atoms with Gasteiger partial charge in [0.25, 0.3) is 6.71 Å². The third kappa shape index (κ3) is 5.43. The van der Waals surface area contributed by atoms with Crippen LogP contribution >= 0.6 is 11.3 Å². The topological polar surface area (TPSA) is 9.72 Å². The Morgan fingerprint density at radius 3 is 1.90 bits per heavy atom. The number of rotatable bonds is 6. The van der Waals surface area contributed by atoms with Crippen molar-refractivity contribution in [3.63, 3.8) is 0 Å². The molecular formula is C54H36BN3S. The first kappa shape index (κ1) is 25.1. The Kier molecular flexibility index (Phi) is 5.81. The standard InChI is InChI=1S/C54H36BN3S/c1-5-16-37(17-6-1)40-29-33-51-46(35-40)53-54(59-51)55-47-32-31-45(56(41-20-7-2-8-21-41)42-22-9-3-10-23-42)36-50(47)57(43-24-11-4-12-25-43)48-26-15-27-49(52(48)55)58(53)44-30-28-38-18-13-14-19-39(38)34-44/h1-36H/i2D,3D,7D,8D,9D,10D,20D,21D,22D,23D. The molecule has 0 fully saturated rings. The molecule has 276 valence electrons. The molecule has 9 aromatic carbocycles. The maximum Gasteiger partial charge on any atom is 0.264 e. The van der Waals surface area contributed by atoms with E-state index in [9.17, 15) is 0 Å². The molecule has 3 heterocycles. The van der Waals surface area contributed by atoms with Gasteiger partial charge in [0.2, 0.25) is 0 Å². The maximum absolute atomic E-state index is 9.16. The second-order valence-corrected chi connectivity index (χ2v) is 15.7. The van der Waals surface area contributed by atoms with Crippen molar-refractivity contribution in [2.75, 3.05) is 14.7 Å². The zero-order valence-corrected chi connectivity index (χ0v) is 32.2. The number of nitrogens with zero attached hydrogens (tertiary/aromatic N) is 3. The molecule has 59 heavy (non-hydrogen) atoms. The third-order valence-corrected chi connectivity index (χ3v) is 12.6. The molecule has 3 nitrogen and oxygen atoms in total. The first-order valence-corrected chi connectivity index (χ1v) is 20.2. The van der Waals surface area contributed by atoms with Gasteiger partial charge in [0.05, 0.1) is 19.4 Å². The van der Waals surface area contributed by atoms with Gasteiger partial charge in [0, 0.05) is 60.4 Å². The van der Waals surface area contributed by atoms with E-state index in [4.69, 9.17) is 13.7 Å². The molecule has 10 aromatic rings. The van der Waals surface area contributed by atoms with Gasteiger partial charge in [-0.1, -0.05) is 133 Å². The van der Waals surface area contributed by atoms with Gasteiger partial charge in [-0.2, -0.15) is 0 Å². The molecule has 0 radical (unpaired) electrons. The molecular weight excluding hydrogens is 733 g/mol. The minimum absolute atomic E-state index is 0.226. The summed E-state index contributed by atoms with van der Waals surface area (Å²) in [6.45, 7) is -0.320. The Balaban J connectivity index is 1.17. The van der Waals surface area contributed by atoms with Gasteiger partial charge in [-0.3, -0.25) is 0 Å². The molecule has 0 aliphatic carbocycles. The Morgan fingerprint density at radius 1 is 0.475 bits per heavy atom. The third-order valence-electron chi connectivity index (χ3n) is 11.4. The molecule has 1 aromatic heterocycles. The van der Waals surface area contributed by atoms with Crippen LogP contribution in [0.2, 0.25) is 0 Å². The zero-order chi connectivity index (χ0) is 47.6. The van der Waals surface area contributed by atoms with Gasteiger partial charge in [-0.05, 0) is 118 Å². The van der Waals surface area contributed by atoms with E-state index in [1.165, 1.54) is 4.90 Å². The minimum Gasteiger partial charge on any atom is -0.311 e. The van der Waals surface area contributed by atoms with Crippen molar-refractivity contribution in [1.82, 2.24) is 0 Å². The van der Waals surface area contributed by atoms with Crippen molar-refractivity contribution in [2.24, 2.45) is 0 Å². The average molecular weight is 780 g/mol. The van der Waals surface area contributed by atoms with Crippen molar-refractivity contribution < 1.29 is 13.7 Å². The van der Waals surface area contributed by atoms with Crippen molar-refractivity contribution >= 4 is 106 Å². The van der Waals surface area contributed by atoms with Crippen LogP contribution in [0.25, 0.3) is 32.0 Å². The second-order valence-electron chi connectivity index (χ2n) is 14.6. The molecule has 0 saturated heterocycles. The molecule has 0 unspecified atom stereocenters. The molecule has 12 rings (SSSR count). The van der Waals surface area contributed by atoms with E-state index in [-0.39, 0.29) is 23.8 Å². The summed E-state index contributed by atoms with van der Waals surface area (Å²) in [5.41, 5.74) is 9.18. The Morgan fingerprint density at radius 2 is 1.15 bits per heavy atom. The predicted octanol–water partition coefficient (Wildman–Crippen LogP) is 13.3. The lowest BCUT2D eigenvalue weighted by atomic mass is 9.36. The fourth-order valence-electron chi connectivity index (χ4n) is 8.87. The quantitative estimate of drug-likeness (QED) is 0.156. The van der Waals surface area contributed by atoms with Crippen LogP contribution in [0.4, 0.5) is 51.2 Å². The fraction of sp³-hybridized carbons (Fsp3) is 0. The van der Waals surface area contributed by atoms with Gasteiger partial charge in [0.1, 0.15) is 0 Å².